The number of fused-ring (bicyclic) bond motifs is 1. The van der Waals surface area contributed by atoms with E-state index < -0.39 is 0 Å². The molecule has 0 N–H and O–H groups in total. The molecule has 1 aromatic carbocycles. The minimum atomic E-state index is 0.506. The van der Waals surface area contributed by atoms with Crippen LogP contribution in [0.25, 0.3) is 10.9 Å². The average molecular weight is 299 g/mol. The van der Waals surface area contributed by atoms with Crippen molar-refractivity contribution in [3.05, 3.63) is 42.1 Å². The van der Waals surface area contributed by atoms with E-state index in [4.69, 9.17) is 9.72 Å². The quantitative estimate of drug-likeness (QED) is 0.847. The molecule has 4 heteroatoms. The fourth-order valence-electron chi connectivity index (χ4n) is 3.13. The van der Waals surface area contributed by atoms with Crippen LogP contribution in [0.3, 0.4) is 0 Å². The molecular formula is C18H25N3O. The molecule has 1 aromatic heterocycles. The summed E-state index contributed by atoms with van der Waals surface area (Å²) >= 11 is 0. The van der Waals surface area contributed by atoms with Crippen molar-refractivity contribution in [2.45, 2.75) is 19.5 Å². The average Bonchev–Trinajstić information content (AvgIpc) is 2.56. The first-order valence-electron chi connectivity index (χ1n) is 8.06. The molecule has 1 saturated heterocycles. The lowest BCUT2D eigenvalue weighted by molar-refractivity contribution is 0.0546. The van der Waals surface area contributed by atoms with Crippen LogP contribution < -0.4 is 0 Å². The molecule has 2 heterocycles. The molecule has 1 fully saturated rings. The van der Waals surface area contributed by atoms with Crippen LogP contribution in [0, 0.1) is 0 Å². The molecule has 4 nitrogen and oxygen atoms in total. The third-order valence-electron chi connectivity index (χ3n) is 4.48. The fourth-order valence-corrected chi connectivity index (χ4v) is 3.13. The van der Waals surface area contributed by atoms with Crippen LogP contribution in [0.2, 0.25) is 0 Å². The molecular weight excluding hydrogens is 274 g/mol. The Kier molecular flexibility index (Phi) is 5.03. The Morgan fingerprint density at radius 3 is 2.64 bits per heavy atom. The van der Waals surface area contributed by atoms with E-state index in [0.717, 1.165) is 50.5 Å². The number of para-hydroxylation sites is 1. The largest absolute Gasteiger partial charge is 0.383 e. The van der Waals surface area contributed by atoms with E-state index in [9.17, 15) is 0 Å². The van der Waals surface area contributed by atoms with Gasteiger partial charge in [-0.05, 0) is 19.1 Å². The number of pyridine rings is 1. The Balaban J connectivity index is 1.57. The maximum Gasteiger partial charge on any atom is 0.0705 e. The van der Waals surface area contributed by atoms with Gasteiger partial charge in [-0.3, -0.25) is 14.8 Å². The third kappa shape index (κ3) is 3.64. The molecule has 3 rings (SSSR count). The molecule has 22 heavy (non-hydrogen) atoms. The number of piperazine rings is 1. The van der Waals surface area contributed by atoms with Crippen molar-refractivity contribution in [3.8, 4) is 0 Å². The van der Waals surface area contributed by atoms with Gasteiger partial charge >= 0.3 is 0 Å². The zero-order valence-electron chi connectivity index (χ0n) is 13.5. The van der Waals surface area contributed by atoms with Crippen molar-refractivity contribution in [1.82, 2.24) is 14.8 Å². The predicted octanol–water partition coefficient (Wildman–Crippen LogP) is 2.39. The summed E-state index contributed by atoms with van der Waals surface area (Å²) in [6, 6.07) is 13.1. The Hall–Kier alpha value is -1.49. The van der Waals surface area contributed by atoms with Crippen molar-refractivity contribution in [2.75, 3.05) is 39.9 Å². The summed E-state index contributed by atoms with van der Waals surface area (Å²) in [6.07, 6.45) is 0. The van der Waals surface area contributed by atoms with Gasteiger partial charge in [0.15, 0.2) is 0 Å². The van der Waals surface area contributed by atoms with E-state index in [-0.39, 0.29) is 0 Å². The zero-order valence-corrected chi connectivity index (χ0v) is 13.5. The lowest BCUT2D eigenvalue weighted by atomic mass is 10.2. The van der Waals surface area contributed by atoms with Gasteiger partial charge in [-0.2, -0.15) is 0 Å². The first-order chi connectivity index (χ1) is 10.8. The summed E-state index contributed by atoms with van der Waals surface area (Å²) < 4.78 is 5.25. The molecule has 2 aromatic rings. The minimum absolute atomic E-state index is 0.506. The van der Waals surface area contributed by atoms with Crippen LogP contribution in [0.1, 0.15) is 12.6 Å². The maximum atomic E-state index is 5.25. The van der Waals surface area contributed by atoms with Gasteiger partial charge in [-0.25, -0.2) is 0 Å². The molecule has 1 aliphatic rings. The van der Waals surface area contributed by atoms with Crippen LogP contribution in [0.15, 0.2) is 36.4 Å². The summed E-state index contributed by atoms with van der Waals surface area (Å²) in [6.45, 7) is 8.41. The summed E-state index contributed by atoms with van der Waals surface area (Å²) in [4.78, 5) is 9.78. The Morgan fingerprint density at radius 2 is 1.86 bits per heavy atom. The Bertz CT molecular complexity index is 608. The predicted molar refractivity (Wildman–Crippen MR) is 89.9 cm³/mol. The monoisotopic (exact) mass is 299 g/mol. The SMILES string of the molecule is COCC(C)N1CCN(Cc2ccc3ccccc3n2)CC1. The molecule has 0 spiro atoms. The second-order valence-electron chi connectivity index (χ2n) is 6.11. The molecule has 118 valence electrons. The first kappa shape index (κ1) is 15.4. The molecule has 1 atom stereocenters. The summed E-state index contributed by atoms with van der Waals surface area (Å²) in [5.41, 5.74) is 2.25. The number of ether oxygens (including phenoxy) is 1. The molecule has 1 unspecified atom stereocenters. The van der Waals surface area contributed by atoms with Gasteiger partial charge in [-0.1, -0.05) is 24.3 Å². The molecule has 1 aliphatic heterocycles. The van der Waals surface area contributed by atoms with Crippen LogP contribution in [-0.2, 0) is 11.3 Å². The van der Waals surface area contributed by atoms with E-state index in [2.05, 4.69) is 53.1 Å². The van der Waals surface area contributed by atoms with Gasteiger partial charge < -0.3 is 4.74 Å². The third-order valence-corrected chi connectivity index (χ3v) is 4.48. The van der Waals surface area contributed by atoms with Crippen molar-refractivity contribution in [3.63, 3.8) is 0 Å². The van der Waals surface area contributed by atoms with E-state index >= 15 is 0 Å². The van der Waals surface area contributed by atoms with Gasteiger partial charge in [0.2, 0.25) is 0 Å². The highest BCUT2D eigenvalue weighted by Crippen LogP contribution is 2.14. The smallest absolute Gasteiger partial charge is 0.0705 e. The van der Waals surface area contributed by atoms with Crippen molar-refractivity contribution in [2.24, 2.45) is 0 Å². The van der Waals surface area contributed by atoms with Gasteiger partial charge in [0.25, 0.3) is 0 Å². The Labute approximate surface area is 132 Å². The van der Waals surface area contributed by atoms with Gasteiger partial charge in [-0.15, -0.1) is 0 Å². The number of benzene rings is 1. The maximum absolute atomic E-state index is 5.25. The number of nitrogens with zero attached hydrogens (tertiary/aromatic N) is 3. The van der Waals surface area contributed by atoms with Crippen LogP contribution in [-0.4, -0.2) is 60.7 Å². The number of methoxy groups -OCH3 is 1. The first-order valence-corrected chi connectivity index (χ1v) is 8.06. The molecule has 0 amide bonds. The van der Waals surface area contributed by atoms with Crippen LogP contribution in [0.5, 0.6) is 0 Å². The van der Waals surface area contributed by atoms with E-state index in [1.165, 1.54) is 5.39 Å². The van der Waals surface area contributed by atoms with E-state index in [1.54, 1.807) is 7.11 Å². The molecule has 0 aliphatic carbocycles. The molecule has 0 radical (unpaired) electrons. The topological polar surface area (TPSA) is 28.6 Å². The molecule has 0 bridgehead atoms. The molecule has 0 saturated carbocycles. The fraction of sp³-hybridized carbons (Fsp3) is 0.500. The van der Waals surface area contributed by atoms with E-state index in [0.29, 0.717) is 6.04 Å². The minimum Gasteiger partial charge on any atom is -0.383 e. The van der Waals surface area contributed by atoms with Gasteiger partial charge in [0.1, 0.15) is 0 Å². The number of hydrogen-bond donors (Lipinski definition) is 0. The van der Waals surface area contributed by atoms with Crippen molar-refractivity contribution in [1.29, 1.82) is 0 Å². The summed E-state index contributed by atoms with van der Waals surface area (Å²) in [5.74, 6) is 0. The van der Waals surface area contributed by atoms with Gasteiger partial charge in [0, 0.05) is 51.3 Å². The van der Waals surface area contributed by atoms with E-state index in [1.807, 2.05) is 0 Å². The second kappa shape index (κ2) is 7.18. The van der Waals surface area contributed by atoms with Gasteiger partial charge in [0.05, 0.1) is 17.8 Å². The van der Waals surface area contributed by atoms with Crippen molar-refractivity contribution >= 4 is 10.9 Å². The highest BCUT2D eigenvalue weighted by molar-refractivity contribution is 5.78. The van der Waals surface area contributed by atoms with Crippen molar-refractivity contribution < 1.29 is 4.74 Å². The normalized spacial score (nSPS) is 18.6. The summed E-state index contributed by atoms with van der Waals surface area (Å²) in [7, 11) is 1.78. The lowest BCUT2D eigenvalue weighted by Gasteiger charge is -2.37. The lowest BCUT2D eigenvalue weighted by Crippen LogP contribution is -2.50. The Morgan fingerprint density at radius 1 is 1.09 bits per heavy atom. The highest BCUT2D eigenvalue weighted by atomic mass is 16.5. The standard InChI is InChI=1S/C18H25N3O/c1-15(14-22-2)21-11-9-20(10-12-21)13-17-8-7-16-5-3-4-6-18(16)19-17/h3-8,15H,9-14H2,1-2H3. The number of rotatable bonds is 5. The zero-order chi connectivity index (χ0) is 15.4. The highest BCUT2D eigenvalue weighted by Gasteiger charge is 2.21. The number of aromatic nitrogens is 1. The summed E-state index contributed by atoms with van der Waals surface area (Å²) in [5, 5.41) is 1.21. The number of hydrogen-bond acceptors (Lipinski definition) is 4. The second-order valence-corrected chi connectivity index (χ2v) is 6.11. The van der Waals surface area contributed by atoms with Crippen LogP contribution in [0.4, 0.5) is 0 Å². The van der Waals surface area contributed by atoms with Crippen LogP contribution >= 0.6 is 0 Å².